The number of nitrogens with one attached hydrogen (secondary N) is 2. The normalized spacial score (nSPS) is 10.2. The molecule has 0 spiro atoms. The zero-order valence-corrected chi connectivity index (χ0v) is 15.1. The Bertz CT molecular complexity index is 753. The maximum atomic E-state index is 13.0. The molecule has 0 unspecified atom stereocenters. The monoisotopic (exact) mass is 409 g/mol. The van der Waals surface area contributed by atoms with E-state index >= 15 is 0 Å². The van der Waals surface area contributed by atoms with E-state index in [0.29, 0.717) is 16.0 Å². The average molecular weight is 410 g/mol. The molecule has 1 aromatic heterocycles. The van der Waals surface area contributed by atoms with E-state index in [1.54, 1.807) is 12.3 Å². The van der Waals surface area contributed by atoms with E-state index in [1.165, 1.54) is 18.2 Å². The molecule has 132 valence electrons. The highest BCUT2D eigenvalue weighted by molar-refractivity contribution is 9.10. The van der Waals surface area contributed by atoms with Gasteiger partial charge in [0.05, 0.1) is 4.47 Å². The topological polar surface area (TPSA) is 80.3 Å². The van der Waals surface area contributed by atoms with Gasteiger partial charge in [0.25, 0.3) is 5.91 Å². The third-order valence-corrected chi connectivity index (χ3v) is 3.73. The number of benzene rings is 1. The fourth-order valence-electron chi connectivity index (χ4n) is 1.85. The molecule has 0 bridgehead atoms. The lowest BCUT2D eigenvalue weighted by Crippen LogP contribution is -2.31. The maximum Gasteiger partial charge on any atom is 0.257 e. The first-order valence-corrected chi connectivity index (χ1v) is 8.30. The van der Waals surface area contributed by atoms with Gasteiger partial charge in [0.1, 0.15) is 17.4 Å². The Morgan fingerprint density at radius 3 is 2.72 bits per heavy atom. The quantitative estimate of drug-likeness (QED) is 0.736. The number of aryl methyl sites for hydroxylation is 1. The first-order chi connectivity index (χ1) is 11.9. The Balaban J connectivity index is 1.67. The van der Waals surface area contributed by atoms with Gasteiger partial charge in [-0.05, 0) is 52.7 Å². The van der Waals surface area contributed by atoms with Crippen LogP contribution in [0.15, 0.2) is 41.0 Å². The van der Waals surface area contributed by atoms with Crippen molar-refractivity contribution in [3.05, 3.63) is 52.4 Å². The lowest BCUT2D eigenvalue weighted by atomic mass is 10.3. The highest BCUT2D eigenvalue weighted by Crippen LogP contribution is 2.25. The minimum atomic E-state index is -0.405. The molecule has 1 heterocycles. The van der Waals surface area contributed by atoms with E-state index in [2.05, 4.69) is 31.5 Å². The Labute approximate surface area is 152 Å². The number of rotatable bonds is 7. The summed E-state index contributed by atoms with van der Waals surface area (Å²) >= 11 is 3.15. The average Bonchev–Trinajstić information content (AvgIpc) is 2.56. The van der Waals surface area contributed by atoms with Crippen molar-refractivity contribution < 1.29 is 18.7 Å². The number of hydrogen-bond acceptors (Lipinski definition) is 4. The number of nitrogens with zero attached hydrogens (tertiary/aromatic N) is 1. The second-order valence-corrected chi connectivity index (χ2v) is 6.09. The van der Waals surface area contributed by atoms with Crippen molar-refractivity contribution in [2.45, 2.75) is 13.3 Å². The summed E-state index contributed by atoms with van der Waals surface area (Å²) in [5.41, 5.74) is 0.998. The molecule has 0 aliphatic heterocycles. The molecule has 0 atom stereocenters. The summed E-state index contributed by atoms with van der Waals surface area (Å²) in [5.74, 6) is -0.208. The molecule has 6 nitrogen and oxygen atoms in total. The minimum Gasteiger partial charge on any atom is -0.483 e. The Hall–Kier alpha value is -2.48. The van der Waals surface area contributed by atoms with E-state index in [1.807, 2.05) is 13.0 Å². The summed E-state index contributed by atoms with van der Waals surface area (Å²) in [4.78, 5) is 27.5. The van der Waals surface area contributed by atoms with Gasteiger partial charge < -0.3 is 15.4 Å². The summed E-state index contributed by atoms with van der Waals surface area (Å²) in [6.07, 6.45) is 1.77. The van der Waals surface area contributed by atoms with Crippen LogP contribution in [0, 0.1) is 12.7 Å². The fraction of sp³-hybridized carbons (Fsp3) is 0.235. The third-order valence-electron chi connectivity index (χ3n) is 3.11. The molecule has 2 N–H and O–H groups in total. The van der Waals surface area contributed by atoms with Gasteiger partial charge in [0.2, 0.25) is 5.91 Å². The van der Waals surface area contributed by atoms with Crippen molar-refractivity contribution in [3.8, 4) is 5.75 Å². The zero-order chi connectivity index (χ0) is 18.2. The van der Waals surface area contributed by atoms with Crippen LogP contribution in [0.5, 0.6) is 5.75 Å². The highest BCUT2D eigenvalue weighted by atomic mass is 79.9. The highest BCUT2D eigenvalue weighted by Gasteiger charge is 2.08. The van der Waals surface area contributed by atoms with E-state index in [0.717, 1.165) is 5.56 Å². The van der Waals surface area contributed by atoms with E-state index < -0.39 is 5.82 Å². The van der Waals surface area contributed by atoms with Crippen LogP contribution in [-0.2, 0) is 9.59 Å². The first-order valence-electron chi connectivity index (χ1n) is 7.51. The van der Waals surface area contributed by atoms with Gasteiger partial charge in [-0.25, -0.2) is 9.37 Å². The maximum absolute atomic E-state index is 13.0. The van der Waals surface area contributed by atoms with Crippen LogP contribution >= 0.6 is 15.9 Å². The van der Waals surface area contributed by atoms with Crippen molar-refractivity contribution in [1.82, 2.24) is 10.3 Å². The molecule has 0 radical (unpaired) electrons. The second-order valence-electron chi connectivity index (χ2n) is 5.23. The lowest BCUT2D eigenvalue weighted by molar-refractivity contribution is -0.123. The summed E-state index contributed by atoms with van der Waals surface area (Å²) in [7, 11) is 0. The van der Waals surface area contributed by atoms with E-state index in [4.69, 9.17) is 4.74 Å². The molecule has 0 fully saturated rings. The number of amides is 2. The van der Waals surface area contributed by atoms with Gasteiger partial charge >= 0.3 is 0 Å². The van der Waals surface area contributed by atoms with Crippen LogP contribution in [-0.4, -0.2) is 29.9 Å². The second kappa shape index (κ2) is 9.12. The summed E-state index contributed by atoms with van der Waals surface area (Å²) in [5, 5.41) is 5.21. The summed E-state index contributed by atoms with van der Waals surface area (Å²) in [6.45, 7) is 1.84. The van der Waals surface area contributed by atoms with Crippen LogP contribution < -0.4 is 15.4 Å². The van der Waals surface area contributed by atoms with Gasteiger partial charge in [0.15, 0.2) is 6.61 Å². The van der Waals surface area contributed by atoms with Crippen LogP contribution in [0.3, 0.4) is 0 Å². The first kappa shape index (κ1) is 18.9. The van der Waals surface area contributed by atoms with Crippen LogP contribution in [0.4, 0.5) is 10.2 Å². The van der Waals surface area contributed by atoms with Crippen molar-refractivity contribution in [3.63, 3.8) is 0 Å². The van der Waals surface area contributed by atoms with Crippen molar-refractivity contribution >= 4 is 33.6 Å². The van der Waals surface area contributed by atoms with Crippen LogP contribution in [0.1, 0.15) is 12.0 Å². The molecule has 25 heavy (non-hydrogen) atoms. The van der Waals surface area contributed by atoms with Crippen LogP contribution in [0.25, 0.3) is 0 Å². The number of anilines is 1. The van der Waals surface area contributed by atoms with Gasteiger partial charge in [-0.1, -0.05) is 6.07 Å². The molecular weight excluding hydrogens is 393 g/mol. The molecule has 0 saturated heterocycles. The van der Waals surface area contributed by atoms with Crippen molar-refractivity contribution in [1.29, 1.82) is 0 Å². The molecular formula is C17H17BrFN3O3. The number of hydrogen-bond donors (Lipinski definition) is 2. The van der Waals surface area contributed by atoms with E-state index in [9.17, 15) is 14.0 Å². The molecule has 1 aromatic carbocycles. The minimum absolute atomic E-state index is 0.113. The number of aromatic nitrogens is 1. The fourth-order valence-corrected chi connectivity index (χ4v) is 2.31. The van der Waals surface area contributed by atoms with Gasteiger partial charge in [0, 0.05) is 19.2 Å². The Kier molecular flexibility index (Phi) is 6.88. The zero-order valence-electron chi connectivity index (χ0n) is 13.5. The largest absolute Gasteiger partial charge is 0.483 e. The third kappa shape index (κ3) is 6.50. The molecule has 0 aliphatic carbocycles. The van der Waals surface area contributed by atoms with Gasteiger partial charge in [-0.2, -0.15) is 0 Å². The number of ether oxygens (including phenoxy) is 1. The Morgan fingerprint density at radius 2 is 2.04 bits per heavy atom. The number of carbonyl (C=O) groups excluding carboxylic acids is 2. The molecule has 2 aromatic rings. The van der Waals surface area contributed by atoms with Crippen LogP contribution in [0.2, 0.25) is 0 Å². The molecule has 8 heteroatoms. The number of halogens is 2. The van der Waals surface area contributed by atoms with Gasteiger partial charge in [-0.3, -0.25) is 9.59 Å². The molecule has 0 saturated carbocycles. The number of pyridine rings is 1. The molecule has 0 aliphatic rings. The molecule has 2 amide bonds. The predicted octanol–water partition coefficient (Wildman–Crippen LogP) is 2.82. The van der Waals surface area contributed by atoms with Crippen molar-refractivity contribution in [2.24, 2.45) is 0 Å². The SMILES string of the molecule is Cc1ccc(NC(=O)CCNC(=O)COc2ccc(F)cc2Br)nc1. The Morgan fingerprint density at radius 1 is 1.24 bits per heavy atom. The van der Waals surface area contributed by atoms with Crippen molar-refractivity contribution in [2.75, 3.05) is 18.5 Å². The number of carbonyl (C=O) groups is 2. The summed E-state index contributed by atoms with van der Waals surface area (Å²) < 4.78 is 18.7. The van der Waals surface area contributed by atoms with E-state index in [-0.39, 0.29) is 31.4 Å². The molecule has 2 rings (SSSR count). The van der Waals surface area contributed by atoms with Gasteiger partial charge in [-0.15, -0.1) is 0 Å². The smallest absolute Gasteiger partial charge is 0.257 e. The predicted molar refractivity (Wildman–Crippen MR) is 94.8 cm³/mol. The summed E-state index contributed by atoms with van der Waals surface area (Å²) in [6, 6.07) is 7.46. The lowest BCUT2D eigenvalue weighted by Gasteiger charge is -2.09. The standard InChI is InChI=1S/C17H17BrFN3O3/c1-11-2-5-15(21-9-11)22-16(23)6-7-20-17(24)10-25-14-4-3-12(19)8-13(14)18/h2-5,8-9H,6-7,10H2,1H3,(H,20,24)(H,21,22,23).